The minimum absolute atomic E-state index is 0.130. The number of benzene rings is 1. The number of rotatable bonds is 3. The van der Waals surface area contributed by atoms with Crippen molar-refractivity contribution < 1.29 is 24.2 Å². The summed E-state index contributed by atoms with van der Waals surface area (Å²) in [6, 6.07) is 5.38. The van der Waals surface area contributed by atoms with Crippen LogP contribution in [0.2, 0.25) is 0 Å². The molecule has 1 aromatic carbocycles. The van der Waals surface area contributed by atoms with Crippen molar-refractivity contribution in [3.8, 4) is 0 Å². The Bertz CT molecular complexity index is 627. The minimum Gasteiger partial charge on any atom is -0.465 e. The number of nitrogens with zero attached hydrogens (tertiary/aromatic N) is 1. The number of aliphatic hydroxyl groups excluding tert-OH is 1. The molecule has 1 N–H and O–H groups in total. The first-order valence-corrected chi connectivity index (χ1v) is 8.54. The molecule has 1 aliphatic heterocycles. The summed E-state index contributed by atoms with van der Waals surface area (Å²) in [6.07, 6.45) is 1.29. The monoisotopic (exact) mass is 349 g/mol. The van der Waals surface area contributed by atoms with Gasteiger partial charge in [-0.3, -0.25) is 0 Å². The quantitative estimate of drug-likeness (QED) is 0.849. The fourth-order valence-corrected chi connectivity index (χ4v) is 3.00. The van der Waals surface area contributed by atoms with Gasteiger partial charge in [0.15, 0.2) is 0 Å². The lowest BCUT2D eigenvalue weighted by Crippen LogP contribution is -2.41. The van der Waals surface area contributed by atoms with Crippen LogP contribution in [-0.2, 0) is 16.1 Å². The van der Waals surface area contributed by atoms with Gasteiger partial charge in [-0.25, -0.2) is 9.59 Å². The molecule has 0 radical (unpaired) electrons. The Balaban J connectivity index is 2.07. The summed E-state index contributed by atoms with van der Waals surface area (Å²) in [6.45, 7) is 6.65. The van der Waals surface area contributed by atoms with Crippen LogP contribution < -0.4 is 0 Å². The second-order valence-electron chi connectivity index (χ2n) is 7.35. The smallest absolute Gasteiger partial charge is 0.410 e. The van der Waals surface area contributed by atoms with Crippen molar-refractivity contribution in [1.82, 2.24) is 4.90 Å². The van der Waals surface area contributed by atoms with Gasteiger partial charge >= 0.3 is 12.1 Å². The lowest BCUT2D eigenvalue weighted by molar-refractivity contribution is 0.0204. The highest BCUT2D eigenvalue weighted by atomic mass is 16.6. The van der Waals surface area contributed by atoms with E-state index in [0.717, 1.165) is 18.4 Å². The average molecular weight is 349 g/mol. The molecule has 0 aliphatic carbocycles. The second kappa shape index (κ2) is 7.87. The molecule has 6 heteroatoms. The van der Waals surface area contributed by atoms with E-state index >= 15 is 0 Å². The zero-order chi connectivity index (χ0) is 18.6. The molecule has 25 heavy (non-hydrogen) atoms. The molecule has 0 atom stereocenters. The number of ether oxygens (including phenoxy) is 2. The topological polar surface area (TPSA) is 76.1 Å². The molecule has 1 heterocycles. The third-order valence-corrected chi connectivity index (χ3v) is 4.24. The van der Waals surface area contributed by atoms with Crippen LogP contribution in [0.3, 0.4) is 0 Å². The van der Waals surface area contributed by atoms with Crippen LogP contribution >= 0.6 is 0 Å². The van der Waals surface area contributed by atoms with Gasteiger partial charge in [0.05, 0.1) is 19.3 Å². The van der Waals surface area contributed by atoms with Crippen LogP contribution in [0.5, 0.6) is 0 Å². The Kier molecular flexibility index (Phi) is 6.06. The van der Waals surface area contributed by atoms with Crippen LogP contribution in [0.1, 0.15) is 61.0 Å². The normalized spacial score (nSPS) is 15.8. The molecule has 1 saturated heterocycles. The fraction of sp³-hybridized carbons (Fsp3) is 0.579. The van der Waals surface area contributed by atoms with E-state index in [2.05, 4.69) is 0 Å². The molecular formula is C19H27NO5. The standard InChI is InChI=1S/C19H27NO5/c1-19(2,3)25-18(23)20-7-5-14(6-8-20)15-9-13(12-21)10-16(11-15)17(22)24-4/h9-11,14,21H,5-8,12H2,1-4H3. The molecule has 1 fully saturated rings. The Labute approximate surface area is 148 Å². The Hall–Kier alpha value is -2.08. The molecule has 6 nitrogen and oxygen atoms in total. The molecule has 1 aliphatic rings. The number of carbonyl (C=O) groups excluding carboxylic acids is 2. The van der Waals surface area contributed by atoms with Crippen molar-refractivity contribution in [1.29, 1.82) is 0 Å². The number of esters is 1. The van der Waals surface area contributed by atoms with Crippen LogP contribution in [0, 0.1) is 0 Å². The van der Waals surface area contributed by atoms with Crippen molar-refractivity contribution in [3.63, 3.8) is 0 Å². The van der Waals surface area contributed by atoms with E-state index in [1.54, 1.807) is 11.0 Å². The minimum atomic E-state index is -0.501. The maximum absolute atomic E-state index is 12.1. The van der Waals surface area contributed by atoms with Gasteiger partial charge < -0.3 is 19.5 Å². The van der Waals surface area contributed by atoms with Gasteiger partial charge in [0.25, 0.3) is 0 Å². The van der Waals surface area contributed by atoms with E-state index in [-0.39, 0.29) is 18.6 Å². The van der Waals surface area contributed by atoms with Gasteiger partial charge in [-0.15, -0.1) is 0 Å². The van der Waals surface area contributed by atoms with Crippen molar-refractivity contribution in [2.75, 3.05) is 20.2 Å². The SMILES string of the molecule is COC(=O)c1cc(CO)cc(C2CCN(C(=O)OC(C)(C)C)CC2)c1. The molecule has 2 rings (SSSR count). The summed E-state index contributed by atoms with van der Waals surface area (Å²) in [4.78, 5) is 25.7. The molecule has 138 valence electrons. The molecule has 1 amide bonds. The molecule has 1 aromatic rings. The summed E-state index contributed by atoms with van der Waals surface area (Å²) in [5.41, 5.74) is 1.63. The second-order valence-corrected chi connectivity index (χ2v) is 7.35. The molecule has 0 aromatic heterocycles. The zero-order valence-corrected chi connectivity index (χ0v) is 15.4. The van der Waals surface area contributed by atoms with E-state index in [1.165, 1.54) is 7.11 Å². The van der Waals surface area contributed by atoms with Crippen molar-refractivity contribution in [2.24, 2.45) is 0 Å². The molecule has 0 saturated carbocycles. The van der Waals surface area contributed by atoms with Crippen LogP contribution in [0.4, 0.5) is 4.79 Å². The number of piperidine rings is 1. The van der Waals surface area contributed by atoms with Crippen molar-refractivity contribution in [2.45, 2.75) is 51.7 Å². The van der Waals surface area contributed by atoms with Gasteiger partial charge in [-0.05, 0) is 62.8 Å². The number of methoxy groups -OCH3 is 1. The number of likely N-dealkylation sites (tertiary alicyclic amines) is 1. The number of aliphatic hydroxyl groups is 1. The summed E-state index contributed by atoms with van der Waals surface area (Å²) in [5.74, 6) is -0.184. The Morgan fingerprint density at radius 3 is 2.36 bits per heavy atom. The first-order chi connectivity index (χ1) is 11.7. The number of amides is 1. The van der Waals surface area contributed by atoms with E-state index in [0.29, 0.717) is 24.2 Å². The molecular weight excluding hydrogens is 322 g/mol. The first-order valence-electron chi connectivity index (χ1n) is 8.54. The third kappa shape index (κ3) is 5.19. The number of hydrogen-bond acceptors (Lipinski definition) is 5. The van der Waals surface area contributed by atoms with E-state index < -0.39 is 11.6 Å². The Morgan fingerprint density at radius 1 is 1.20 bits per heavy atom. The molecule has 0 spiro atoms. The Morgan fingerprint density at radius 2 is 1.84 bits per heavy atom. The predicted molar refractivity (Wildman–Crippen MR) is 93.5 cm³/mol. The first kappa shape index (κ1) is 19.2. The summed E-state index contributed by atoms with van der Waals surface area (Å²) >= 11 is 0. The van der Waals surface area contributed by atoms with Crippen LogP contribution in [-0.4, -0.2) is 47.9 Å². The highest BCUT2D eigenvalue weighted by molar-refractivity contribution is 5.89. The van der Waals surface area contributed by atoms with Gasteiger partial charge in [0, 0.05) is 13.1 Å². The van der Waals surface area contributed by atoms with Crippen LogP contribution in [0.25, 0.3) is 0 Å². The van der Waals surface area contributed by atoms with Gasteiger partial charge in [-0.1, -0.05) is 6.07 Å². The summed E-state index contributed by atoms with van der Waals surface area (Å²) in [5, 5.41) is 9.44. The third-order valence-electron chi connectivity index (χ3n) is 4.24. The number of hydrogen-bond donors (Lipinski definition) is 1. The molecule has 0 bridgehead atoms. The summed E-state index contributed by atoms with van der Waals surface area (Å²) in [7, 11) is 1.34. The van der Waals surface area contributed by atoms with Crippen molar-refractivity contribution in [3.05, 3.63) is 34.9 Å². The lowest BCUT2D eigenvalue weighted by Gasteiger charge is -2.33. The van der Waals surface area contributed by atoms with Crippen molar-refractivity contribution >= 4 is 12.1 Å². The van der Waals surface area contributed by atoms with Gasteiger partial charge in [-0.2, -0.15) is 0 Å². The van der Waals surface area contributed by atoms with E-state index in [1.807, 2.05) is 32.9 Å². The zero-order valence-electron chi connectivity index (χ0n) is 15.4. The molecule has 0 unspecified atom stereocenters. The lowest BCUT2D eigenvalue weighted by atomic mass is 9.87. The van der Waals surface area contributed by atoms with Crippen LogP contribution in [0.15, 0.2) is 18.2 Å². The maximum atomic E-state index is 12.1. The highest BCUT2D eigenvalue weighted by Crippen LogP contribution is 2.30. The maximum Gasteiger partial charge on any atom is 0.410 e. The average Bonchev–Trinajstić information content (AvgIpc) is 2.59. The highest BCUT2D eigenvalue weighted by Gasteiger charge is 2.28. The van der Waals surface area contributed by atoms with E-state index in [4.69, 9.17) is 9.47 Å². The largest absolute Gasteiger partial charge is 0.465 e. The fourth-order valence-electron chi connectivity index (χ4n) is 3.00. The van der Waals surface area contributed by atoms with Gasteiger partial charge in [0.2, 0.25) is 0 Å². The summed E-state index contributed by atoms with van der Waals surface area (Å²) < 4.78 is 10.2. The van der Waals surface area contributed by atoms with Gasteiger partial charge in [0.1, 0.15) is 5.60 Å². The predicted octanol–water partition coefficient (Wildman–Crippen LogP) is 3.08. The number of carbonyl (C=O) groups is 2. The van der Waals surface area contributed by atoms with E-state index in [9.17, 15) is 14.7 Å².